The van der Waals surface area contributed by atoms with Gasteiger partial charge in [-0.2, -0.15) is 5.10 Å². The Labute approximate surface area is 137 Å². The second-order valence-corrected chi connectivity index (χ2v) is 5.87. The Kier molecular flexibility index (Phi) is 3.49. The Morgan fingerprint density at radius 3 is 3.04 bits per heavy atom. The summed E-state index contributed by atoms with van der Waals surface area (Å²) in [5, 5.41) is 15.7. The summed E-state index contributed by atoms with van der Waals surface area (Å²) in [5.41, 5.74) is 2.48. The van der Waals surface area contributed by atoms with Gasteiger partial charge in [-0.05, 0) is 29.0 Å². The van der Waals surface area contributed by atoms with Crippen LogP contribution in [0.3, 0.4) is 0 Å². The van der Waals surface area contributed by atoms with Gasteiger partial charge in [0, 0.05) is 19.8 Å². The summed E-state index contributed by atoms with van der Waals surface area (Å²) >= 11 is 0. The number of aromatic nitrogens is 6. The summed E-state index contributed by atoms with van der Waals surface area (Å²) in [6.45, 7) is 3.38. The third kappa shape index (κ3) is 2.42. The van der Waals surface area contributed by atoms with Gasteiger partial charge >= 0.3 is 0 Å². The first-order valence-electron chi connectivity index (χ1n) is 7.70. The molecular formula is C15H17N7O2. The molecule has 4 rings (SSSR count). The van der Waals surface area contributed by atoms with E-state index in [2.05, 4.69) is 20.6 Å². The molecule has 1 atom stereocenters. The summed E-state index contributed by atoms with van der Waals surface area (Å²) in [6.07, 6.45) is 3.19. The lowest BCUT2D eigenvalue weighted by atomic mass is 10.2. The van der Waals surface area contributed by atoms with Gasteiger partial charge in [-0.25, -0.2) is 9.20 Å². The first-order valence-corrected chi connectivity index (χ1v) is 7.70. The maximum Gasteiger partial charge on any atom is 0.257 e. The molecule has 0 aliphatic carbocycles. The van der Waals surface area contributed by atoms with Gasteiger partial charge in [0.15, 0.2) is 5.82 Å². The Morgan fingerprint density at radius 1 is 1.38 bits per heavy atom. The van der Waals surface area contributed by atoms with Crippen molar-refractivity contribution >= 4 is 11.4 Å². The molecule has 9 nitrogen and oxygen atoms in total. The number of rotatable bonds is 2. The van der Waals surface area contributed by atoms with E-state index in [9.17, 15) is 4.79 Å². The van der Waals surface area contributed by atoms with E-state index in [1.54, 1.807) is 27.3 Å². The standard InChI is InChI=1S/C15H17N7O2/c1-10-3-4-12-11(7-16-22(12)8-10)15(23)21-5-6-24-13(9-21)14-17-18-19-20(14)2/h3-4,7-8,13H,5-6,9H2,1-2H3. The molecule has 1 saturated heterocycles. The van der Waals surface area contributed by atoms with E-state index >= 15 is 0 Å². The van der Waals surface area contributed by atoms with Crippen LogP contribution in [-0.4, -0.2) is 60.3 Å². The molecule has 3 aromatic heterocycles. The number of carbonyl (C=O) groups excluding carboxylic acids is 1. The lowest BCUT2D eigenvalue weighted by Gasteiger charge is -2.31. The molecule has 9 heteroatoms. The fourth-order valence-corrected chi connectivity index (χ4v) is 2.92. The number of amides is 1. The molecule has 1 aliphatic rings. The maximum atomic E-state index is 12.9. The van der Waals surface area contributed by atoms with Gasteiger partial charge in [0.25, 0.3) is 5.91 Å². The average molecular weight is 327 g/mol. The molecule has 124 valence electrons. The zero-order valence-corrected chi connectivity index (χ0v) is 13.5. The van der Waals surface area contributed by atoms with Gasteiger partial charge in [0.2, 0.25) is 0 Å². The van der Waals surface area contributed by atoms with Crippen molar-refractivity contribution in [1.82, 2.24) is 34.7 Å². The Morgan fingerprint density at radius 2 is 2.25 bits per heavy atom. The van der Waals surface area contributed by atoms with Gasteiger partial charge < -0.3 is 9.64 Å². The highest BCUT2D eigenvalue weighted by atomic mass is 16.5. The van der Waals surface area contributed by atoms with Crippen LogP contribution in [0.2, 0.25) is 0 Å². The van der Waals surface area contributed by atoms with Crippen molar-refractivity contribution in [2.75, 3.05) is 19.7 Å². The molecule has 3 aromatic rings. The molecule has 1 aliphatic heterocycles. The van der Waals surface area contributed by atoms with Crippen molar-refractivity contribution in [3.8, 4) is 0 Å². The highest BCUT2D eigenvalue weighted by Gasteiger charge is 2.30. The topological polar surface area (TPSA) is 90.4 Å². The predicted octanol–water partition coefficient (Wildman–Crippen LogP) is 0.380. The quantitative estimate of drug-likeness (QED) is 0.676. The van der Waals surface area contributed by atoms with Crippen LogP contribution in [0, 0.1) is 6.92 Å². The van der Waals surface area contributed by atoms with E-state index in [-0.39, 0.29) is 12.0 Å². The zero-order valence-electron chi connectivity index (χ0n) is 13.5. The zero-order chi connectivity index (χ0) is 16.7. The second-order valence-electron chi connectivity index (χ2n) is 5.87. The van der Waals surface area contributed by atoms with Crippen LogP contribution in [0.25, 0.3) is 5.52 Å². The number of carbonyl (C=O) groups is 1. The first-order chi connectivity index (χ1) is 11.6. The van der Waals surface area contributed by atoms with Crippen molar-refractivity contribution in [2.45, 2.75) is 13.0 Å². The highest BCUT2D eigenvalue weighted by molar-refractivity contribution is 6.00. The largest absolute Gasteiger partial charge is 0.366 e. The Hall–Kier alpha value is -2.81. The second kappa shape index (κ2) is 5.68. The molecule has 0 aromatic carbocycles. The number of ether oxygens (including phenoxy) is 1. The smallest absolute Gasteiger partial charge is 0.257 e. The van der Waals surface area contributed by atoms with Gasteiger partial charge in [-0.1, -0.05) is 6.07 Å². The van der Waals surface area contributed by atoms with Crippen molar-refractivity contribution in [2.24, 2.45) is 7.05 Å². The van der Waals surface area contributed by atoms with E-state index in [4.69, 9.17) is 4.74 Å². The fraction of sp³-hybridized carbons (Fsp3) is 0.400. The fourth-order valence-electron chi connectivity index (χ4n) is 2.92. The number of tetrazole rings is 1. The van der Waals surface area contributed by atoms with Crippen LogP contribution in [0.15, 0.2) is 24.5 Å². The number of nitrogens with zero attached hydrogens (tertiary/aromatic N) is 7. The minimum atomic E-state index is -0.327. The van der Waals surface area contributed by atoms with E-state index in [0.717, 1.165) is 11.1 Å². The van der Waals surface area contributed by atoms with Gasteiger partial charge in [-0.15, -0.1) is 5.10 Å². The van der Waals surface area contributed by atoms with Crippen LogP contribution in [0.5, 0.6) is 0 Å². The summed E-state index contributed by atoms with van der Waals surface area (Å²) in [4.78, 5) is 14.7. The molecule has 0 bridgehead atoms. The third-order valence-corrected chi connectivity index (χ3v) is 4.19. The van der Waals surface area contributed by atoms with Crippen molar-refractivity contribution < 1.29 is 9.53 Å². The molecule has 0 N–H and O–H groups in total. The molecule has 24 heavy (non-hydrogen) atoms. The van der Waals surface area contributed by atoms with Crippen LogP contribution < -0.4 is 0 Å². The van der Waals surface area contributed by atoms with Crippen molar-refractivity contribution in [3.05, 3.63) is 41.5 Å². The number of hydrogen-bond donors (Lipinski definition) is 0. The van der Waals surface area contributed by atoms with Crippen LogP contribution in [0.1, 0.15) is 27.8 Å². The van der Waals surface area contributed by atoms with Crippen molar-refractivity contribution in [3.63, 3.8) is 0 Å². The van der Waals surface area contributed by atoms with E-state index in [1.807, 2.05) is 25.3 Å². The molecule has 0 radical (unpaired) electrons. The minimum absolute atomic E-state index is 0.0581. The van der Waals surface area contributed by atoms with Gasteiger partial charge in [0.1, 0.15) is 6.10 Å². The summed E-state index contributed by atoms with van der Waals surface area (Å²) in [5.74, 6) is 0.556. The number of pyridine rings is 1. The number of fused-ring (bicyclic) bond motifs is 1. The van der Waals surface area contributed by atoms with Crippen molar-refractivity contribution in [1.29, 1.82) is 0 Å². The molecule has 0 spiro atoms. The lowest BCUT2D eigenvalue weighted by molar-refractivity contribution is -0.0283. The summed E-state index contributed by atoms with van der Waals surface area (Å²) in [7, 11) is 1.76. The van der Waals surface area contributed by atoms with Gasteiger partial charge in [0.05, 0.1) is 30.4 Å². The highest BCUT2D eigenvalue weighted by Crippen LogP contribution is 2.22. The molecule has 1 unspecified atom stereocenters. The normalized spacial score (nSPS) is 18.2. The Balaban J connectivity index is 1.60. The third-order valence-electron chi connectivity index (χ3n) is 4.19. The molecule has 1 amide bonds. The van der Waals surface area contributed by atoms with E-state index in [1.165, 1.54) is 0 Å². The predicted molar refractivity (Wildman–Crippen MR) is 83.3 cm³/mol. The monoisotopic (exact) mass is 327 g/mol. The summed E-state index contributed by atoms with van der Waals surface area (Å²) < 4.78 is 9.02. The number of morpholine rings is 1. The Bertz CT molecular complexity index is 900. The molecular weight excluding hydrogens is 310 g/mol. The molecule has 4 heterocycles. The maximum absolute atomic E-state index is 12.9. The van der Waals surface area contributed by atoms with Crippen LogP contribution in [0.4, 0.5) is 0 Å². The van der Waals surface area contributed by atoms with E-state index in [0.29, 0.717) is 31.1 Å². The number of aryl methyl sites for hydroxylation is 2. The first kappa shape index (κ1) is 14.8. The van der Waals surface area contributed by atoms with Crippen LogP contribution >= 0.6 is 0 Å². The lowest BCUT2D eigenvalue weighted by Crippen LogP contribution is -2.42. The number of hydrogen-bond acceptors (Lipinski definition) is 6. The average Bonchev–Trinajstić information content (AvgIpc) is 3.20. The SMILES string of the molecule is Cc1ccc2c(C(=O)N3CCOC(c4nnnn4C)C3)cnn2c1. The van der Waals surface area contributed by atoms with E-state index < -0.39 is 0 Å². The summed E-state index contributed by atoms with van der Waals surface area (Å²) in [6, 6.07) is 3.89. The molecule has 0 saturated carbocycles. The molecule has 1 fully saturated rings. The van der Waals surface area contributed by atoms with Crippen LogP contribution in [-0.2, 0) is 11.8 Å². The van der Waals surface area contributed by atoms with Gasteiger partial charge in [-0.3, -0.25) is 4.79 Å². The minimum Gasteiger partial charge on any atom is -0.366 e.